The molecule has 0 bridgehead atoms. The van der Waals surface area contributed by atoms with Crippen molar-refractivity contribution < 1.29 is 80.2 Å². The highest BCUT2D eigenvalue weighted by molar-refractivity contribution is 7.47. The number of ether oxygens (including phenoxy) is 4. The summed E-state index contributed by atoms with van der Waals surface area (Å²) in [7, 11) is -9.91. The van der Waals surface area contributed by atoms with Crippen LogP contribution < -0.4 is 0 Å². The van der Waals surface area contributed by atoms with Crippen molar-refractivity contribution in [3.05, 3.63) is 0 Å². The molecule has 0 saturated carbocycles. The topological polar surface area (TPSA) is 237 Å². The number of carbonyl (C=O) groups excluding carboxylic acids is 4. The molecule has 3 N–H and O–H groups in total. The molecule has 0 aliphatic heterocycles. The average Bonchev–Trinajstić information content (AvgIpc) is 1.17. The molecule has 0 saturated heterocycles. The van der Waals surface area contributed by atoms with Crippen molar-refractivity contribution in [3.8, 4) is 0 Å². The predicted molar refractivity (Wildman–Crippen MR) is 391 cm³/mol. The van der Waals surface area contributed by atoms with Crippen LogP contribution in [-0.4, -0.2) is 96.7 Å². The summed E-state index contributed by atoms with van der Waals surface area (Å²) in [6.45, 7) is 14.2. The monoisotopic (exact) mass is 1410 g/mol. The average molecular weight is 1410 g/mol. The number of hydrogen-bond acceptors (Lipinski definition) is 15. The third kappa shape index (κ3) is 69.2. The van der Waals surface area contributed by atoms with Gasteiger partial charge in [-0.3, -0.25) is 37.3 Å². The van der Waals surface area contributed by atoms with E-state index in [0.717, 1.165) is 114 Å². The Kier molecular flexibility index (Phi) is 65.0. The van der Waals surface area contributed by atoms with Crippen molar-refractivity contribution in [1.82, 2.24) is 0 Å². The van der Waals surface area contributed by atoms with Gasteiger partial charge in [-0.1, -0.05) is 338 Å². The lowest BCUT2D eigenvalue weighted by Gasteiger charge is -2.21. The van der Waals surface area contributed by atoms with Gasteiger partial charge in [0.2, 0.25) is 0 Å². The van der Waals surface area contributed by atoms with Crippen LogP contribution in [0.5, 0.6) is 0 Å². The zero-order valence-corrected chi connectivity index (χ0v) is 64.8. The number of aliphatic hydroxyl groups is 1. The molecule has 3 unspecified atom stereocenters. The summed E-state index contributed by atoms with van der Waals surface area (Å²) in [5.74, 6) is 0.944. The van der Waals surface area contributed by atoms with Gasteiger partial charge in [0.1, 0.15) is 19.3 Å². The quantitative estimate of drug-likeness (QED) is 0.0222. The fourth-order valence-electron chi connectivity index (χ4n) is 11.7. The molecular formula is C77H150O17P2. The minimum Gasteiger partial charge on any atom is -0.462 e. The highest BCUT2D eigenvalue weighted by Crippen LogP contribution is 2.45. The predicted octanol–water partition coefficient (Wildman–Crippen LogP) is 22.4. The van der Waals surface area contributed by atoms with Gasteiger partial charge in [0.05, 0.1) is 26.4 Å². The van der Waals surface area contributed by atoms with E-state index in [2.05, 4.69) is 55.4 Å². The van der Waals surface area contributed by atoms with Crippen LogP contribution >= 0.6 is 15.6 Å². The number of unbranched alkanes of at least 4 members (excludes halogenated alkanes) is 39. The first kappa shape index (κ1) is 94.1. The second kappa shape index (κ2) is 66.3. The van der Waals surface area contributed by atoms with Crippen molar-refractivity contribution in [2.75, 3.05) is 39.6 Å². The summed E-state index contributed by atoms with van der Waals surface area (Å²) in [5, 5.41) is 10.6. The zero-order valence-electron chi connectivity index (χ0n) is 63.0. The molecule has 17 nitrogen and oxygen atoms in total. The lowest BCUT2D eigenvalue weighted by Crippen LogP contribution is -2.30. The van der Waals surface area contributed by atoms with E-state index in [4.69, 9.17) is 37.0 Å². The highest BCUT2D eigenvalue weighted by Gasteiger charge is 2.30. The van der Waals surface area contributed by atoms with Crippen LogP contribution in [0, 0.1) is 23.7 Å². The fourth-order valence-corrected chi connectivity index (χ4v) is 13.3. The molecule has 0 aliphatic carbocycles. The summed E-state index contributed by atoms with van der Waals surface area (Å²) in [6, 6.07) is 0. The zero-order chi connectivity index (χ0) is 71.0. The van der Waals surface area contributed by atoms with Crippen LogP contribution in [0.15, 0.2) is 0 Å². The van der Waals surface area contributed by atoms with Crippen LogP contribution in [0.3, 0.4) is 0 Å². The van der Waals surface area contributed by atoms with Crippen molar-refractivity contribution in [1.29, 1.82) is 0 Å². The first-order valence-electron chi connectivity index (χ1n) is 39.7. The maximum absolute atomic E-state index is 13.1. The molecule has 0 heterocycles. The van der Waals surface area contributed by atoms with E-state index >= 15 is 0 Å². The van der Waals surface area contributed by atoms with E-state index < -0.39 is 97.5 Å². The van der Waals surface area contributed by atoms with E-state index in [9.17, 15) is 43.2 Å². The van der Waals surface area contributed by atoms with E-state index in [1.54, 1.807) is 0 Å². The molecule has 19 heteroatoms. The number of phosphoric acid groups is 2. The molecule has 0 aromatic rings. The van der Waals surface area contributed by atoms with Gasteiger partial charge in [-0.25, -0.2) is 9.13 Å². The molecule has 0 radical (unpaired) electrons. The molecule has 570 valence electrons. The first-order chi connectivity index (χ1) is 46.1. The van der Waals surface area contributed by atoms with Crippen molar-refractivity contribution in [2.45, 2.75) is 408 Å². The van der Waals surface area contributed by atoms with Gasteiger partial charge in [-0.15, -0.1) is 0 Å². The van der Waals surface area contributed by atoms with Crippen LogP contribution in [0.2, 0.25) is 0 Å². The molecular weight excluding hydrogens is 1260 g/mol. The number of esters is 4. The standard InChI is InChI=1S/C77H150O17P2/c1-9-70(8)56-48-40-31-25-21-22-28-34-44-52-60-77(82)94-73(64-88-75(80)58-50-42-36-35-39-47-55-69(6)7)66-92-96(85,86)90-62-71(78)61-89-95(83,84)91-65-72(93-76(81)59-51-43-33-27-20-16-15-18-24-30-38-46-54-68(4)5)63-87-74(79)57-49-41-32-26-19-14-12-10-11-13-17-23-29-37-45-53-67(2)3/h67-73,78H,9-66H2,1-8H3,(H,83,84)(H,85,86)/t70?,71-,72-,73-/m1/s1. The highest BCUT2D eigenvalue weighted by atomic mass is 31.2. The Balaban J connectivity index is 5.23. The maximum Gasteiger partial charge on any atom is 0.472 e. The first-order valence-corrected chi connectivity index (χ1v) is 42.7. The second-order valence-electron chi connectivity index (χ2n) is 29.4. The summed E-state index contributed by atoms with van der Waals surface area (Å²) >= 11 is 0. The molecule has 0 rings (SSSR count). The maximum atomic E-state index is 13.1. The molecule has 0 aromatic heterocycles. The Labute approximate surface area is 588 Å². The van der Waals surface area contributed by atoms with Crippen LogP contribution in [0.4, 0.5) is 0 Å². The number of phosphoric ester groups is 2. The van der Waals surface area contributed by atoms with Crippen molar-refractivity contribution in [3.63, 3.8) is 0 Å². The molecule has 6 atom stereocenters. The lowest BCUT2D eigenvalue weighted by molar-refractivity contribution is -0.161. The van der Waals surface area contributed by atoms with Crippen LogP contribution in [0.25, 0.3) is 0 Å². The molecule has 0 amide bonds. The van der Waals surface area contributed by atoms with Crippen molar-refractivity contribution in [2.24, 2.45) is 23.7 Å². The number of carbonyl (C=O) groups is 4. The van der Waals surface area contributed by atoms with Gasteiger partial charge in [0.15, 0.2) is 12.2 Å². The minimum atomic E-state index is -4.96. The SMILES string of the molecule is CCC(C)CCCCCCCCCCCCC(=O)O[C@H](COC(=O)CCCCCCCCC(C)C)COP(=O)(O)OC[C@H](O)COP(=O)(O)OC[C@@H](COC(=O)CCCCCCCCCCCCCCCCCC(C)C)OC(=O)CCCCCCCCCCCCCCC(C)C. The largest absolute Gasteiger partial charge is 0.472 e. The minimum absolute atomic E-state index is 0.105. The van der Waals surface area contributed by atoms with E-state index in [0.29, 0.717) is 31.6 Å². The molecule has 0 aliphatic rings. The Morgan fingerprint density at radius 1 is 0.292 bits per heavy atom. The lowest BCUT2D eigenvalue weighted by atomic mass is 9.99. The smallest absolute Gasteiger partial charge is 0.462 e. The van der Waals surface area contributed by atoms with E-state index in [1.165, 1.54) is 186 Å². The van der Waals surface area contributed by atoms with Gasteiger partial charge in [-0.05, 0) is 49.4 Å². The Bertz CT molecular complexity index is 1890. The third-order valence-electron chi connectivity index (χ3n) is 18.2. The Morgan fingerprint density at radius 3 is 0.740 bits per heavy atom. The summed E-state index contributed by atoms with van der Waals surface area (Å²) < 4.78 is 68.5. The molecule has 0 aromatic carbocycles. The van der Waals surface area contributed by atoms with Gasteiger partial charge in [0, 0.05) is 25.7 Å². The summed E-state index contributed by atoms with van der Waals surface area (Å²) in [5.41, 5.74) is 0. The molecule has 0 fully saturated rings. The van der Waals surface area contributed by atoms with Gasteiger partial charge < -0.3 is 33.8 Å². The summed E-state index contributed by atoms with van der Waals surface area (Å²) in [4.78, 5) is 72.8. The number of rotatable bonds is 74. The van der Waals surface area contributed by atoms with Crippen molar-refractivity contribution >= 4 is 39.5 Å². The third-order valence-corrected chi connectivity index (χ3v) is 20.1. The van der Waals surface area contributed by atoms with E-state index in [-0.39, 0.29) is 25.7 Å². The van der Waals surface area contributed by atoms with Gasteiger partial charge in [0.25, 0.3) is 0 Å². The summed E-state index contributed by atoms with van der Waals surface area (Å²) in [6.07, 6.45) is 51.4. The van der Waals surface area contributed by atoms with Gasteiger partial charge in [-0.2, -0.15) is 0 Å². The Morgan fingerprint density at radius 2 is 0.500 bits per heavy atom. The number of hydrogen-bond donors (Lipinski definition) is 3. The fraction of sp³-hybridized carbons (Fsp3) is 0.948. The van der Waals surface area contributed by atoms with Crippen LogP contribution in [0.1, 0.15) is 389 Å². The van der Waals surface area contributed by atoms with Crippen LogP contribution in [-0.2, 0) is 65.4 Å². The number of aliphatic hydroxyl groups excluding tert-OH is 1. The molecule has 96 heavy (non-hydrogen) atoms. The normalized spacial score (nSPS) is 14.4. The second-order valence-corrected chi connectivity index (χ2v) is 32.3. The molecule has 0 spiro atoms. The van der Waals surface area contributed by atoms with E-state index in [1.807, 2.05) is 0 Å². The Hall–Kier alpha value is -1.94. The van der Waals surface area contributed by atoms with Gasteiger partial charge >= 0.3 is 39.5 Å².